The van der Waals surface area contributed by atoms with Crippen molar-refractivity contribution in [2.45, 2.75) is 13.5 Å². The molecule has 0 saturated carbocycles. The quantitative estimate of drug-likeness (QED) is 0.761. The number of rotatable bonds is 3. The van der Waals surface area contributed by atoms with Crippen molar-refractivity contribution < 1.29 is 13.6 Å². The number of hydrogen-bond donors (Lipinski definition) is 2. The predicted octanol–water partition coefficient (Wildman–Crippen LogP) is 3.68. The fourth-order valence-electron chi connectivity index (χ4n) is 2.42. The Morgan fingerprint density at radius 3 is 2.59 bits per heavy atom. The van der Waals surface area contributed by atoms with E-state index in [4.69, 9.17) is 0 Å². The molecule has 2 aromatic carbocycles. The fourth-order valence-corrected chi connectivity index (χ4v) is 2.42. The van der Waals surface area contributed by atoms with Crippen LogP contribution >= 0.6 is 0 Å². The zero-order valence-electron chi connectivity index (χ0n) is 11.9. The molecule has 2 N–H and O–H groups in total. The van der Waals surface area contributed by atoms with Gasteiger partial charge in [0, 0.05) is 17.8 Å². The van der Waals surface area contributed by atoms with Gasteiger partial charge in [-0.1, -0.05) is 12.1 Å². The molecule has 1 heterocycles. The molecule has 0 radical (unpaired) electrons. The zero-order chi connectivity index (χ0) is 15.7. The Balaban J connectivity index is 1.77. The summed E-state index contributed by atoms with van der Waals surface area (Å²) in [6.45, 7) is 2.16. The number of carbonyl (C=O) groups is 1. The van der Waals surface area contributed by atoms with Crippen LogP contribution < -0.4 is 5.32 Å². The second-order valence-corrected chi connectivity index (χ2v) is 5.15. The Morgan fingerprint density at radius 2 is 1.86 bits per heavy atom. The topological polar surface area (TPSA) is 44.9 Å². The van der Waals surface area contributed by atoms with Gasteiger partial charge >= 0.3 is 0 Å². The maximum Gasteiger partial charge on any atom is 0.257 e. The predicted molar refractivity (Wildman–Crippen MR) is 80.6 cm³/mol. The molecule has 0 unspecified atom stereocenters. The summed E-state index contributed by atoms with van der Waals surface area (Å²) in [5, 5.41) is 3.57. The molecule has 0 atom stereocenters. The number of benzene rings is 2. The second-order valence-electron chi connectivity index (χ2n) is 5.15. The first-order chi connectivity index (χ1) is 10.5. The minimum atomic E-state index is -0.866. The second kappa shape index (κ2) is 5.60. The van der Waals surface area contributed by atoms with Gasteiger partial charge in [0.1, 0.15) is 17.2 Å². The number of halogens is 2. The van der Waals surface area contributed by atoms with E-state index >= 15 is 0 Å². The summed E-state index contributed by atoms with van der Waals surface area (Å²) in [7, 11) is 0. The third kappa shape index (κ3) is 2.70. The molecular weight excluding hydrogens is 286 g/mol. The third-order valence-corrected chi connectivity index (χ3v) is 3.46. The van der Waals surface area contributed by atoms with Gasteiger partial charge in [-0.05, 0) is 48.2 Å². The van der Waals surface area contributed by atoms with E-state index in [9.17, 15) is 13.6 Å². The smallest absolute Gasteiger partial charge is 0.257 e. The molecule has 1 aromatic heterocycles. The average molecular weight is 300 g/mol. The van der Waals surface area contributed by atoms with Crippen LogP contribution in [0.5, 0.6) is 0 Å². The van der Waals surface area contributed by atoms with Crippen molar-refractivity contribution in [3.8, 4) is 0 Å². The molecule has 3 rings (SSSR count). The fraction of sp³-hybridized carbons (Fsp3) is 0.118. The van der Waals surface area contributed by atoms with Crippen LogP contribution in [-0.2, 0) is 6.54 Å². The molecular formula is C17H14F2N2O. The molecule has 22 heavy (non-hydrogen) atoms. The molecule has 0 aliphatic heterocycles. The third-order valence-electron chi connectivity index (χ3n) is 3.46. The largest absolute Gasteiger partial charge is 0.359 e. The highest BCUT2D eigenvalue weighted by Crippen LogP contribution is 2.17. The first kappa shape index (κ1) is 14.3. The van der Waals surface area contributed by atoms with Crippen LogP contribution in [0.3, 0.4) is 0 Å². The molecule has 3 aromatic rings. The highest BCUT2D eigenvalue weighted by atomic mass is 19.1. The van der Waals surface area contributed by atoms with Gasteiger partial charge in [-0.15, -0.1) is 0 Å². The number of fused-ring (bicyclic) bond motifs is 1. The van der Waals surface area contributed by atoms with Crippen LogP contribution in [-0.4, -0.2) is 10.9 Å². The van der Waals surface area contributed by atoms with E-state index in [0.29, 0.717) is 0 Å². The van der Waals surface area contributed by atoms with Gasteiger partial charge in [-0.3, -0.25) is 4.79 Å². The van der Waals surface area contributed by atoms with E-state index in [1.54, 1.807) is 0 Å². The highest BCUT2D eigenvalue weighted by Gasteiger charge is 2.16. The van der Waals surface area contributed by atoms with E-state index in [0.717, 1.165) is 34.3 Å². The van der Waals surface area contributed by atoms with E-state index in [1.807, 2.05) is 31.2 Å². The zero-order valence-corrected chi connectivity index (χ0v) is 11.9. The van der Waals surface area contributed by atoms with Crippen molar-refractivity contribution >= 4 is 16.8 Å². The van der Waals surface area contributed by atoms with Crippen LogP contribution in [0.4, 0.5) is 8.78 Å². The minimum Gasteiger partial charge on any atom is -0.359 e. The van der Waals surface area contributed by atoms with Gasteiger partial charge in [0.15, 0.2) is 0 Å². The molecule has 112 valence electrons. The Kier molecular flexibility index (Phi) is 3.63. The lowest BCUT2D eigenvalue weighted by molar-refractivity contribution is 0.0942. The summed E-state index contributed by atoms with van der Waals surface area (Å²) < 4.78 is 27.1. The van der Waals surface area contributed by atoms with Crippen molar-refractivity contribution in [3.05, 3.63) is 70.9 Å². The number of aryl methyl sites for hydroxylation is 1. The van der Waals surface area contributed by atoms with Gasteiger partial charge in [0.2, 0.25) is 0 Å². The number of H-pyrrole nitrogens is 1. The molecule has 0 fully saturated rings. The molecule has 0 aliphatic rings. The number of aromatic amines is 1. The van der Waals surface area contributed by atoms with Crippen LogP contribution in [0.2, 0.25) is 0 Å². The Bertz CT molecular complexity index is 835. The van der Waals surface area contributed by atoms with Gasteiger partial charge < -0.3 is 10.3 Å². The van der Waals surface area contributed by atoms with Crippen molar-refractivity contribution in [1.82, 2.24) is 10.3 Å². The SMILES string of the molecule is Cc1cc2cc(CNC(=O)c3c(F)cccc3F)ccc2[nH]1. The maximum absolute atomic E-state index is 13.5. The van der Waals surface area contributed by atoms with E-state index < -0.39 is 23.1 Å². The summed E-state index contributed by atoms with van der Waals surface area (Å²) >= 11 is 0. The molecule has 0 spiro atoms. The summed E-state index contributed by atoms with van der Waals surface area (Å²) in [6.07, 6.45) is 0. The molecule has 5 heteroatoms. The van der Waals surface area contributed by atoms with Crippen LogP contribution in [0.1, 0.15) is 21.6 Å². The summed E-state index contributed by atoms with van der Waals surface area (Å²) in [4.78, 5) is 15.1. The van der Waals surface area contributed by atoms with E-state index in [1.165, 1.54) is 6.07 Å². The van der Waals surface area contributed by atoms with E-state index in [-0.39, 0.29) is 6.54 Å². The first-order valence-corrected chi connectivity index (χ1v) is 6.85. The number of nitrogens with one attached hydrogen (secondary N) is 2. The average Bonchev–Trinajstić information content (AvgIpc) is 2.84. The summed E-state index contributed by atoms with van der Waals surface area (Å²) in [5.41, 5.74) is 2.36. The molecule has 0 aliphatic carbocycles. The summed E-state index contributed by atoms with van der Waals surface area (Å²) in [5.74, 6) is -2.50. The number of hydrogen-bond acceptors (Lipinski definition) is 1. The van der Waals surface area contributed by atoms with Gasteiger partial charge in [0.05, 0.1) is 0 Å². The molecule has 0 saturated heterocycles. The van der Waals surface area contributed by atoms with E-state index in [2.05, 4.69) is 10.3 Å². The monoisotopic (exact) mass is 300 g/mol. The lowest BCUT2D eigenvalue weighted by Gasteiger charge is -2.07. The number of carbonyl (C=O) groups excluding carboxylic acids is 1. The van der Waals surface area contributed by atoms with Crippen LogP contribution in [0.25, 0.3) is 10.9 Å². The minimum absolute atomic E-state index is 0.201. The standard InChI is InChI=1S/C17H14F2N2O/c1-10-7-12-8-11(5-6-15(12)21-10)9-20-17(22)16-13(18)3-2-4-14(16)19/h2-8,21H,9H2,1H3,(H,20,22). The first-order valence-electron chi connectivity index (χ1n) is 6.85. The maximum atomic E-state index is 13.5. The molecule has 3 nitrogen and oxygen atoms in total. The van der Waals surface area contributed by atoms with Gasteiger partial charge in [0.25, 0.3) is 5.91 Å². The van der Waals surface area contributed by atoms with Crippen molar-refractivity contribution in [2.75, 3.05) is 0 Å². The Labute approximate surface area is 126 Å². The van der Waals surface area contributed by atoms with Crippen molar-refractivity contribution in [1.29, 1.82) is 0 Å². The lowest BCUT2D eigenvalue weighted by atomic mass is 10.1. The van der Waals surface area contributed by atoms with Gasteiger partial charge in [-0.25, -0.2) is 8.78 Å². The Hall–Kier alpha value is -2.69. The van der Waals surface area contributed by atoms with Crippen molar-refractivity contribution in [2.24, 2.45) is 0 Å². The van der Waals surface area contributed by atoms with Crippen molar-refractivity contribution in [3.63, 3.8) is 0 Å². The molecule has 0 bridgehead atoms. The Morgan fingerprint density at radius 1 is 1.14 bits per heavy atom. The highest BCUT2D eigenvalue weighted by molar-refractivity contribution is 5.94. The van der Waals surface area contributed by atoms with Gasteiger partial charge in [-0.2, -0.15) is 0 Å². The van der Waals surface area contributed by atoms with Crippen LogP contribution in [0, 0.1) is 18.6 Å². The summed E-state index contributed by atoms with van der Waals surface area (Å²) in [6, 6.07) is 11.0. The number of aromatic nitrogens is 1. The lowest BCUT2D eigenvalue weighted by Crippen LogP contribution is -2.25. The van der Waals surface area contributed by atoms with Crippen LogP contribution in [0.15, 0.2) is 42.5 Å². The normalized spacial score (nSPS) is 10.9. The molecule has 1 amide bonds. The number of amides is 1.